The minimum Gasteiger partial charge on any atom is -0.480 e. The molecule has 37 heavy (non-hydrogen) atoms. The third kappa shape index (κ3) is 6.35. The van der Waals surface area contributed by atoms with Gasteiger partial charge < -0.3 is 24.8 Å². The molecular formula is C28H37N7O2. The zero-order valence-electron chi connectivity index (χ0n) is 22.3. The highest BCUT2D eigenvalue weighted by atomic mass is 16.5. The second kappa shape index (κ2) is 12.0. The first-order valence-electron chi connectivity index (χ1n) is 12.7. The van der Waals surface area contributed by atoms with Gasteiger partial charge in [0.2, 0.25) is 17.7 Å². The molecule has 9 nitrogen and oxygen atoms in total. The molecule has 9 heteroatoms. The van der Waals surface area contributed by atoms with Crippen LogP contribution in [0.4, 0.5) is 11.6 Å². The number of piperidine rings is 1. The van der Waals surface area contributed by atoms with E-state index in [1.54, 1.807) is 19.5 Å². The molecule has 0 atom stereocenters. The van der Waals surface area contributed by atoms with Gasteiger partial charge in [-0.3, -0.25) is 9.79 Å². The molecular weight excluding hydrogens is 466 g/mol. The quantitative estimate of drug-likeness (QED) is 0.406. The molecule has 0 saturated carbocycles. The van der Waals surface area contributed by atoms with Crippen LogP contribution >= 0.6 is 0 Å². The van der Waals surface area contributed by atoms with Crippen LogP contribution in [0.25, 0.3) is 11.1 Å². The minimum absolute atomic E-state index is 0.171. The van der Waals surface area contributed by atoms with Gasteiger partial charge in [-0.25, -0.2) is 4.98 Å². The van der Waals surface area contributed by atoms with Crippen molar-refractivity contribution in [3.05, 3.63) is 54.1 Å². The lowest BCUT2D eigenvalue weighted by atomic mass is 10.0. The molecule has 1 amide bonds. The average Bonchev–Trinajstić information content (AvgIpc) is 3.34. The topological polar surface area (TPSA) is 86.2 Å². The number of hydrogen-bond donors (Lipinski definition) is 1. The fourth-order valence-corrected chi connectivity index (χ4v) is 4.91. The van der Waals surface area contributed by atoms with Gasteiger partial charge in [0.15, 0.2) is 0 Å². The van der Waals surface area contributed by atoms with Gasteiger partial charge in [0.25, 0.3) is 0 Å². The van der Waals surface area contributed by atoms with Crippen molar-refractivity contribution in [3.63, 3.8) is 0 Å². The van der Waals surface area contributed by atoms with Gasteiger partial charge in [-0.05, 0) is 70.8 Å². The monoisotopic (exact) mass is 503 g/mol. The summed E-state index contributed by atoms with van der Waals surface area (Å²) in [6.45, 7) is 8.53. The Kier molecular flexibility index (Phi) is 8.55. The Hall–Kier alpha value is -3.72. The Balaban J connectivity index is 1.48. The highest BCUT2D eigenvalue weighted by molar-refractivity contribution is 5.95. The van der Waals surface area contributed by atoms with Crippen LogP contribution in [0.5, 0.6) is 5.88 Å². The van der Waals surface area contributed by atoms with E-state index in [4.69, 9.17) is 4.74 Å². The third-order valence-electron chi connectivity index (χ3n) is 7.06. The van der Waals surface area contributed by atoms with Gasteiger partial charge in [0.1, 0.15) is 0 Å². The lowest BCUT2D eigenvalue weighted by molar-refractivity contribution is -0.117. The number of likely N-dealkylation sites (tertiary alicyclic amines) is 1. The van der Waals surface area contributed by atoms with Crippen molar-refractivity contribution in [2.75, 3.05) is 51.1 Å². The highest BCUT2D eigenvalue weighted by Gasteiger charge is 2.22. The number of allylic oxidation sites excluding steroid dienone is 2. The van der Waals surface area contributed by atoms with Crippen LogP contribution in [-0.4, -0.2) is 79.3 Å². The Morgan fingerprint density at radius 3 is 2.54 bits per heavy atom. The van der Waals surface area contributed by atoms with Crippen LogP contribution in [0.2, 0.25) is 0 Å². The number of hydrogen-bond acceptors (Lipinski definition) is 8. The maximum absolute atomic E-state index is 12.1. The number of methoxy groups -OCH3 is 1. The first kappa shape index (κ1) is 26.3. The zero-order chi connectivity index (χ0) is 26.4. The lowest BCUT2D eigenvalue weighted by Crippen LogP contribution is -2.41. The molecule has 2 aliphatic heterocycles. The number of aromatic nitrogens is 2. The second-order valence-electron chi connectivity index (χ2n) is 9.67. The third-order valence-corrected chi connectivity index (χ3v) is 7.06. The molecule has 2 aromatic rings. The van der Waals surface area contributed by atoms with Crippen LogP contribution in [0, 0.1) is 0 Å². The van der Waals surface area contributed by atoms with Gasteiger partial charge in [-0.15, -0.1) is 0 Å². The van der Waals surface area contributed by atoms with E-state index in [-0.39, 0.29) is 5.91 Å². The molecule has 0 spiro atoms. The smallest absolute Gasteiger partial charge is 0.230 e. The van der Waals surface area contributed by atoms with Crippen molar-refractivity contribution in [1.82, 2.24) is 19.8 Å². The first-order chi connectivity index (χ1) is 17.9. The minimum atomic E-state index is 0.171. The van der Waals surface area contributed by atoms with E-state index in [1.807, 2.05) is 35.2 Å². The summed E-state index contributed by atoms with van der Waals surface area (Å²) < 4.78 is 5.60. The van der Waals surface area contributed by atoms with Crippen LogP contribution in [0.3, 0.4) is 0 Å². The molecule has 0 bridgehead atoms. The largest absolute Gasteiger partial charge is 0.480 e. The summed E-state index contributed by atoms with van der Waals surface area (Å²) in [7, 11) is 5.89. The Morgan fingerprint density at radius 2 is 1.95 bits per heavy atom. The predicted octanol–water partition coefficient (Wildman–Crippen LogP) is 4.16. The van der Waals surface area contributed by atoms with Crippen molar-refractivity contribution in [2.24, 2.45) is 4.99 Å². The fraction of sp³-hybridized carbons (Fsp3) is 0.429. The normalized spacial score (nSPS) is 17.5. The van der Waals surface area contributed by atoms with Crippen molar-refractivity contribution < 1.29 is 9.53 Å². The maximum Gasteiger partial charge on any atom is 0.230 e. The van der Waals surface area contributed by atoms with Gasteiger partial charge in [0, 0.05) is 55.9 Å². The summed E-state index contributed by atoms with van der Waals surface area (Å²) in [6, 6.07) is 8.47. The summed E-state index contributed by atoms with van der Waals surface area (Å²) in [6.07, 6.45) is 9.25. The number of carbonyl (C=O) groups is 1. The van der Waals surface area contributed by atoms with Gasteiger partial charge in [-0.2, -0.15) is 4.98 Å². The van der Waals surface area contributed by atoms with Crippen LogP contribution in [-0.2, 0) is 4.79 Å². The second-order valence-corrected chi connectivity index (χ2v) is 9.67. The van der Waals surface area contributed by atoms with E-state index in [0.717, 1.165) is 67.1 Å². The number of ether oxygens (including phenoxy) is 1. The molecule has 0 radical (unpaired) electrons. The lowest BCUT2D eigenvalue weighted by Gasteiger charge is -2.37. The molecule has 1 N–H and O–H groups in total. The van der Waals surface area contributed by atoms with E-state index in [1.165, 1.54) is 0 Å². The van der Waals surface area contributed by atoms with Crippen molar-refractivity contribution in [2.45, 2.75) is 38.6 Å². The molecule has 1 aromatic carbocycles. The molecule has 0 unspecified atom stereocenters. The van der Waals surface area contributed by atoms with E-state index in [0.29, 0.717) is 24.3 Å². The molecule has 3 heterocycles. The van der Waals surface area contributed by atoms with Gasteiger partial charge in [0.05, 0.1) is 18.4 Å². The van der Waals surface area contributed by atoms with Crippen molar-refractivity contribution in [1.29, 1.82) is 0 Å². The number of benzene rings is 1. The number of nitrogens with zero attached hydrogens (tertiary/aromatic N) is 6. The van der Waals surface area contributed by atoms with E-state index in [2.05, 4.69) is 57.8 Å². The maximum atomic E-state index is 12.1. The summed E-state index contributed by atoms with van der Waals surface area (Å²) in [5.41, 5.74) is 4.50. The molecule has 4 rings (SSSR count). The number of amides is 1. The van der Waals surface area contributed by atoms with Gasteiger partial charge >= 0.3 is 0 Å². The summed E-state index contributed by atoms with van der Waals surface area (Å²) in [5.74, 6) is 1.04. The van der Waals surface area contributed by atoms with Crippen LogP contribution in [0.15, 0.2) is 59.1 Å². The number of nitrogens with one attached hydrogen (secondary N) is 1. The number of aliphatic imine (C=N–C) groups is 1. The summed E-state index contributed by atoms with van der Waals surface area (Å²) >= 11 is 0. The highest BCUT2D eigenvalue weighted by Crippen LogP contribution is 2.31. The van der Waals surface area contributed by atoms with Crippen molar-refractivity contribution >= 4 is 24.3 Å². The van der Waals surface area contributed by atoms with E-state index >= 15 is 0 Å². The molecule has 2 saturated heterocycles. The number of rotatable bonds is 9. The molecule has 2 aliphatic rings. The zero-order valence-corrected chi connectivity index (χ0v) is 22.3. The number of anilines is 2. The molecule has 0 aliphatic carbocycles. The van der Waals surface area contributed by atoms with Crippen molar-refractivity contribution in [3.8, 4) is 17.0 Å². The standard InChI is InChI=1S/C28H37N7O2/c1-20(34-15-12-23(13-16-34)33(3)4)17-22(18-29-2)31-28-30-19-25(27(32-28)37-5)21-8-10-24(11-9-21)35-14-6-7-26(35)36/h8-11,17-19,23H,2,6-7,12-16H2,1,3-5H3,(H,30,31,32)/b20-17+,22-18+. The molecule has 196 valence electrons. The van der Waals surface area contributed by atoms with E-state index < -0.39 is 0 Å². The summed E-state index contributed by atoms with van der Waals surface area (Å²) in [5, 5.41) is 3.25. The SMILES string of the molecule is C=N/C=C(\C=C(/C)N1CCC(N(C)C)CC1)Nc1ncc(-c2ccc(N3CCCC3=O)cc2)c(OC)n1. The average molecular weight is 504 g/mol. The Labute approximate surface area is 219 Å². The molecule has 2 fully saturated rings. The fourth-order valence-electron chi connectivity index (χ4n) is 4.91. The summed E-state index contributed by atoms with van der Waals surface area (Å²) in [4.78, 5) is 31.7. The first-order valence-corrected chi connectivity index (χ1v) is 12.7. The predicted molar refractivity (Wildman–Crippen MR) is 149 cm³/mol. The van der Waals surface area contributed by atoms with Gasteiger partial charge in [-0.1, -0.05) is 12.1 Å². The Morgan fingerprint density at radius 1 is 1.22 bits per heavy atom. The number of carbonyl (C=O) groups excluding carboxylic acids is 1. The molecule has 1 aromatic heterocycles. The Bertz CT molecular complexity index is 1170. The van der Waals surface area contributed by atoms with E-state index in [9.17, 15) is 4.79 Å². The van der Waals surface area contributed by atoms with Crippen LogP contribution < -0.4 is 15.0 Å². The van der Waals surface area contributed by atoms with Crippen LogP contribution in [0.1, 0.15) is 32.6 Å².